The van der Waals surface area contributed by atoms with E-state index >= 15 is 0 Å². The van der Waals surface area contributed by atoms with E-state index in [4.69, 9.17) is 4.74 Å². The van der Waals surface area contributed by atoms with E-state index in [0.29, 0.717) is 11.4 Å². The summed E-state index contributed by atoms with van der Waals surface area (Å²) in [5.41, 5.74) is 0.172. The smallest absolute Gasteiger partial charge is 0.190 e. The zero-order chi connectivity index (χ0) is 11.6. The highest BCUT2D eigenvalue weighted by Gasteiger charge is 2.31. The predicted octanol–water partition coefficient (Wildman–Crippen LogP) is 2.05. The number of aromatic nitrogens is 2. The number of nitrogens with zero attached hydrogens (tertiary/aromatic N) is 2. The van der Waals surface area contributed by atoms with E-state index < -0.39 is 0 Å². The van der Waals surface area contributed by atoms with Gasteiger partial charge >= 0.3 is 0 Å². The number of Topliss-reactive ketones (excluding diaryl/α,β-unsaturated/α-hetero) is 1. The van der Waals surface area contributed by atoms with Crippen LogP contribution in [0.5, 0.6) is 5.75 Å². The van der Waals surface area contributed by atoms with Gasteiger partial charge in [-0.25, -0.2) is 0 Å². The largest absolute Gasteiger partial charge is 0.493 e. The number of ketones is 1. The molecule has 1 aromatic rings. The number of methoxy groups -OCH3 is 1. The lowest BCUT2D eigenvalue weighted by Gasteiger charge is -2.21. The second-order valence-corrected chi connectivity index (χ2v) is 4.25. The van der Waals surface area contributed by atoms with Crippen LogP contribution in [-0.2, 0) is 7.05 Å². The number of hydrogen-bond acceptors (Lipinski definition) is 3. The van der Waals surface area contributed by atoms with Crippen molar-refractivity contribution in [2.45, 2.75) is 27.2 Å². The van der Waals surface area contributed by atoms with Crippen molar-refractivity contribution < 1.29 is 9.53 Å². The van der Waals surface area contributed by atoms with Crippen LogP contribution in [0.4, 0.5) is 0 Å². The molecule has 0 amide bonds. The molecule has 0 aliphatic carbocycles. The van der Waals surface area contributed by atoms with Gasteiger partial charge in [-0.15, -0.1) is 0 Å². The third kappa shape index (κ3) is 2.03. The number of rotatable bonds is 4. The maximum absolute atomic E-state index is 12.2. The molecule has 0 bridgehead atoms. The molecular weight excluding hydrogens is 192 g/mol. The highest BCUT2D eigenvalue weighted by Crippen LogP contribution is 2.29. The fourth-order valence-corrected chi connectivity index (χ4v) is 1.31. The highest BCUT2D eigenvalue weighted by molar-refractivity contribution is 6.00. The molecule has 0 fully saturated rings. The quantitative estimate of drug-likeness (QED) is 0.714. The van der Waals surface area contributed by atoms with Gasteiger partial charge in [-0.05, 0) is 6.42 Å². The summed E-state index contributed by atoms with van der Waals surface area (Å²) in [6, 6.07) is 0. The molecule has 0 saturated carbocycles. The van der Waals surface area contributed by atoms with Crippen molar-refractivity contribution in [1.82, 2.24) is 9.78 Å². The third-order valence-corrected chi connectivity index (χ3v) is 2.84. The normalized spacial score (nSPS) is 11.5. The molecule has 0 atom stereocenters. The average Bonchev–Trinajstić information content (AvgIpc) is 2.58. The second-order valence-electron chi connectivity index (χ2n) is 4.25. The van der Waals surface area contributed by atoms with E-state index in [0.717, 1.165) is 6.42 Å². The molecule has 4 heteroatoms. The van der Waals surface area contributed by atoms with Gasteiger partial charge in [0.25, 0.3) is 0 Å². The van der Waals surface area contributed by atoms with Crippen LogP contribution in [-0.4, -0.2) is 22.7 Å². The fraction of sp³-hybridized carbons (Fsp3) is 0.636. The summed E-state index contributed by atoms with van der Waals surface area (Å²) in [7, 11) is 3.30. The van der Waals surface area contributed by atoms with E-state index in [1.54, 1.807) is 25.0 Å². The van der Waals surface area contributed by atoms with Crippen LogP contribution < -0.4 is 4.74 Å². The van der Waals surface area contributed by atoms with Crippen LogP contribution in [0, 0.1) is 5.41 Å². The molecule has 0 unspecified atom stereocenters. The molecule has 1 aromatic heterocycles. The zero-order valence-electron chi connectivity index (χ0n) is 10.00. The molecule has 1 heterocycles. The Hall–Kier alpha value is -1.32. The van der Waals surface area contributed by atoms with Gasteiger partial charge in [-0.3, -0.25) is 9.48 Å². The van der Waals surface area contributed by atoms with E-state index in [1.807, 2.05) is 20.8 Å². The number of hydrogen-bond donors (Lipinski definition) is 0. The summed E-state index contributed by atoms with van der Waals surface area (Å²) in [4.78, 5) is 12.2. The van der Waals surface area contributed by atoms with Crippen molar-refractivity contribution in [2.24, 2.45) is 12.5 Å². The van der Waals surface area contributed by atoms with Gasteiger partial charge in [0.05, 0.1) is 13.3 Å². The Morgan fingerprint density at radius 2 is 2.20 bits per heavy atom. The minimum Gasteiger partial charge on any atom is -0.493 e. The lowest BCUT2D eigenvalue weighted by Crippen LogP contribution is -2.26. The van der Waals surface area contributed by atoms with Crippen LogP contribution in [0.1, 0.15) is 37.7 Å². The van der Waals surface area contributed by atoms with Gasteiger partial charge in [0.1, 0.15) is 5.69 Å². The predicted molar refractivity (Wildman–Crippen MR) is 58.2 cm³/mol. The Balaban J connectivity index is 3.16. The van der Waals surface area contributed by atoms with Gasteiger partial charge < -0.3 is 4.74 Å². The van der Waals surface area contributed by atoms with Gasteiger partial charge in [0.2, 0.25) is 0 Å². The van der Waals surface area contributed by atoms with Crippen molar-refractivity contribution in [2.75, 3.05) is 7.11 Å². The molecule has 0 aliphatic heterocycles. The van der Waals surface area contributed by atoms with Gasteiger partial charge in [0.15, 0.2) is 11.5 Å². The minimum atomic E-state index is -0.374. The fourth-order valence-electron chi connectivity index (χ4n) is 1.31. The summed E-state index contributed by atoms with van der Waals surface area (Å²) < 4.78 is 6.69. The Morgan fingerprint density at radius 3 is 2.67 bits per heavy atom. The zero-order valence-corrected chi connectivity index (χ0v) is 10.00. The minimum absolute atomic E-state index is 0.0712. The van der Waals surface area contributed by atoms with Crippen LogP contribution in [0.3, 0.4) is 0 Å². The number of carbonyl (C=O) groups is 1. The van der Waals surface area contributed by atoms with E-state index in [1.165, 1.54) is 0 Å². The molecule has 0 N–H and O–H groups in total. The molecular formula is C11H18N2O2. The van der Waals surface area contributed by atoms with Crippen LogP contribution in [0.25, 0.3) is 0 Å². The summed E-state index contributed by atoms with van der Waals surface area (Å²) in [6.45, 7) is 5.87. The molecule has 1 rings (SSSR count). The van der Waals surface area contributed by atoms with Crippen LogP contribution >= 0.6 is 0 Å². The van der Waals surface area contributed by atoms with Crippen LogP contribution in [0.15, 0.2) is 6.20 Å². The monoisotopic (exact) mass is 210 g/mol. The highest BCUT2D eigenvalue weighted by atomic mass is 16.5. The Labute approximate surface area is 90.2 Å². The summed E-state index contributed by atoms with van der Waals surface area (Å²) in [5, 5.41) is 4.03. The van der Waals surface area contributed by atoms with E-state index in [9.17, 15) is 4.79 Å². The maximum atomic E-state index is 12.2. The first-order valence-corrected chi connectivity index (χ1v) is 5.04. The summed E-state index contributed by atoms with van der Waals surface area (Å²) in [6.07, 6.45) is 2.36. The molecule has 0 saturated heterocycles. The van der Waals surface area contributed by atoms with Crippen molar-refractivity contribution in [1.29, 1.82) is 0 Å². The first-order chi connectivity index (χ1) is 6.94. The molecule has 4 nitrogen and oxygen atoms in total. The number of ether oxygens (including phenoxy) is 1. The Morgan fingerprint density at radius 1 is 1.60 bits per heavy atom. The average molecular weight is 210 g/mol. The molecule has 84 valence electrons. The van der Waals surface area contributed by atoms with Crippen molar-refractivity contribution in [3.8, 4) is 5.75 Å². The Bertz CT molecular complexity index is 367. The molecule has 0 radical (unpaired) electrons. The lowest BCUT2D eigenvalue weighted by molar-refractivity contribution is 0.0819. The summed E-state index contributed by atoms with van der Waals surface area (Å²) >= 11 is 0. The third-order valence-electron chi connectivity index (χ3n) is 2.84. The van der Waals surface area contributed by atoms with Crippen molar-refractivity contribution in [3.63, 3.8) is 0 Å². The van der Waals surface area contributed by atoms with E-state index in [2.05, 4.69) is 5.10 Å². The van der Waals surface area contributed by atoms with Gasteiger partial charge in [-0.1, -0.05) is 20.8 Å². The lowest BCUT2D eigenvalue weighted by atomic mass is 9.83. The first-order valence-electron chi connectivity index (χ1n) is 5.04. The standard InChI is InChI=1S/C11H18N2O2/c1-6-11(2,3)10(14)9-8(15-5)7-12-13(9)4/h7H,6H2,1-5H3. The first kappa shape index (κ1) is 11.8. The topological polar surface area (TPSA) is 44.1 Å². The van der Waals surface area contributed by atoms with Gasteiger partial charge in [0, 0.05) is 12.5 Å². The van der Waals surface area contributed by atoms with Gasteiger partial charge in [-0.2, -0.15) is 5.10 Å². The number of carbonyl (C=O) groups excluding carboxylic acids is 1. The van der Waals surface area contributed by atoms with E-state index in [-0.39, 0.29) is 11.2 Å². The Kier molecular flexibility index (Phi) is 3.17. The molecule has 0 aromatic carbocycles. The number of aryl methyl sites for hydroxylation is 1. The SMILES string of the molecule is CCC(C)(C)C(=O)c1c(OC)cnn1C. The van der Waals surface area contributed by atoms with Crippen LogP contribution in [0.2, 0.25) is 0 Å². The van der Waals surface area contributed by atoms with Crippen molar-refractivity contribution in [3.05, 3.63) is 11.9 Å². The maximum Gasteiger partial charge on any atom is 0.190 e. The molecule has 0 spiro atoms. The molecule has 0 aliphatic rings. The van der Waals surface area contributed by atoms with Crippen molar-refractivity contribution >= 4 is 5.78 Å². The second kappa shape index (κ2) is 4.04. The molecule has 15 heavy (non-hydrogen) atoms. The summed E-state index contributed by atoms with van der Waals surface area (Å²) in [5.74, 6) is 0.617.